The Labute approximate surface area is 135 Å². The molecule has 4 nitrogen and oxygen atoms in total. The molecule has 1 amide bonds. The standard InChI is InChI=1S/C18H20FN3O/c1-12-16-10-15(19)6-4-13(16)8-9-22(12)18(23)14-5-7-17(20-11-14)21(2)3/h4-7,10-12H,8-9H2,1-3H3. The van der Waals surface area contributed by atoms with E-state index in [4.69, 9.17) is 0 Å². The third-order valence-electron chi connectivity index (χ3n) is 4.36. The van der Waals surface area contributed by atoms with E-state index >= 15 is 0 Å². The smallest absolute Gasteiger partial charge is 0.255 e. The molecule has 1 aromatic carbocycles. The number of nitrogens with zero attached hydrogens (tertiary/aromatic N) is 3. The van der Waals surface area contributed by atoms with Gasteiger partial charge < -0.3 is 9.80 Å². The van der Waals surface area contributed by atoms with Crippen LogP contribution in [0, 0.1) is 5.82 Å². The lowest BCUT2D eigenvalue weighted by molar-refractivity contribution is 0.0677. The summed E-state index contributed by atoms with van der Waals surface area (Å²) < 4.78 is 13.5. The van der Waals surface area contributed by atoms with Crippen LogP contribution in [0.5, 0.6) is 0 Å². The molecule has 1 aliphatic rings. The summed E-state index contributed by atoms with van der Waals surface area (Å²) in [6, 6.07) is 8.31. The zero-order valence-electron chi connectivity index (χ0n) is 13.6. The molecule has 0 spiro atoms. The van der Waals surface area contributed by atoms with Crippen LogP contribution in [0.25, 0.3) is 0 Å². The number of rotatable bonds is 2. The summed E-state index contributed by atoms with van der Waals surface area (Å²) in [5.74, 6) is 0.479. The first kappa shape index (κ1) is 15.5. The minimum absolute atomic E-state index is 0.0646. The first-order valence-corrected chi connectivity index (χ1v) is 7.70. The second-order valence-electron chi connectivity index (χ2n) is 6.07. The van der Waals surface area contributed by atoms with E-state index in [0.717, 1.165) is 23.4 Å². The molecule has 23 heavy (non-hydrogen) atoms. The van der Waals surface area contributed by atoms with Crippen molar-refractivity contribution < 1.29 is 9.18 Å². The van der Waals surface area contributed by atoms with Gasteiger partial charge in [-0.2, -0.15) is 0 Å². The second kappa shape index (κ2) is 5.99. The SMILES string of the molecule is CC1c2cc(F)ccc2CCN1C(=O)c1ccc(N(C)C)nc1. The van der Waals surface area contributed by atoms with Crippen LogP contribution < -0.4 is 4.90 Å². The van der Waals surface area contributed by atoms with Gasteiger partial charge in [0, 0.05) is 26.8 Å². The maximum Gasteiger partial charge on any atom is 0.255 e. The summed E-state index contributed by atoms with van der Waals surface area (Å²) >= 11 is 0. The summed E-state index contributed by atoms with van der Waals surface area (Å²) in [6.45, 7) is 2.57. The fraction of sp³-hybridized carbons (Fsp3) is 0.333. The quantitative estimate of drug-likeness (QED) is 0.855. The predicted molar refractivity (Wildman–Crippen MR) is 88.1 cm³/mol. The van der Waals surface area contributed by atoms with Crippen molar-refractivity contribution in [2.24, 2.45) is 0 Å². The molecule has 1 atom stereocenters. The van der Waals surface area contributed by atoms with Crippen molar-refractivity contribution in [3.63, 3.8) is 0 Å². The van der Waals surface area contributed by atoms with E-state index < -0.39 is 0 Å². The van der Waals surface area contributed by atoms with Gasteiger partial charge in [-0.1, -0.05) is 6.07 Å². The number of carbonyl (C=O) groups is 1. The van der Waals surface area contributed by atoms with Crippen molar-refractivity contribution in [3.05, 3.63) is 59.0 Å². The Morgan fingerprint density at radius 2 is 2.09 bits per heavy atom. The molecule has 2 aromatic rings. The highest BCUT2D eigenvalue weighted by Crippen LogP contribution is 2.31. The van der Waals surface area contributed by atoms with Gasteiger partial charge in [0.05, 0.1) is 11.6 Å². The fourth-order valence-corrected chi connectivity index (χ4v) is 3.01. The van der Waals surface area contributed by atoms with Crippen molar-refractivity contribution in [3.8, 4) is 0 Å². The molecule has 1 unspecified atom stereocenters. The Hall–Kier alpha value is -2.43. The van der Waals surface area contributed by atoms with E-state index in [1.165, 1.54) is 12.1 Å². The van der Waals surface area contributed by atoms with Gasteiger partial charge in [-0.3, -0.25) is 4.79 Å². The molecule has 0 radical (unpaired) electrons. The van der Waals surface area contributed by atoms with Crippen LogP contribution >= 0.6 is 0 Å². The Kier molecular flexibility index (Phi) is 4.03. The molecule has 0 N–H and O–H groups in total. The number of amides is 1. The number of aromatic nitrogens is 1. The molecule has 0 bridgehead atoms. The van der Waals surface area contributed by atoms with Gasteiger partial charge in [0.25, 0.3) is 5.91 Å². The van der Waals surface area contributed by atoms with Gasteiger partial charge in [0.2, 0.25) is 0 Å². The fourth-order valence-electron chi connectivity index (χ4n) is 3.01. The van der Waals surface area contributed by atoms with E-state index in [2.05, 4.69) is 4.98 Å². The molecule has 0 fully saturated rings. The molecule has 2 heterocycles. The van der Waals surface area contributed by atoms with Gasteiger partial charge in [-0.25, -0.2) is 9.37 Å². The molecular formula is C18H20FN3O. The van der Waals surface area contributed by atoms with Crippen LogP contribution in [-0.4, -0.2) is 36.4 Å². The van der Waals surface area contributed by atoms with Gasteiger partial charge in [-0.15, -0.1) is 0 Å². The normalized spacial score (nSPS) is 16.9. The highest BCUT2D eigenvalue weighted by Gasteiger charge is 2.28. The lowest BCUT2D eigenvalue weighted by atomic mass is 9.93. The largest absolute Gasteiger partial charge is 0.363 e. The summed E-state index contributed by atoms with van der Waals surface area (Å²) in [4.78, 5) is 20.7. The number of benzene rings is 1. The Balaban J connectivity index is 1.85. The molecule has 120 valence electrons. The van der Waals surface area contributed by atoms with E-state index in [0.29, 0.717) is 12.1 Å². The number of hydrogen-bond donors (Lipinski definition) is 0. The zero-order valence-corrected chi connectivity index (χ0v) is 13.6. The first-order valence-electron chi connectivity index (χ1n) is 7.70. The van der Waals surface area contributed by atoms with Crippen LogP contribution in [-0.2, 0) is 6.42 Å². The third-order valence-corrected chi connectivity index (χ3v) is 4.36. The van der Waals surface area contributed by atoms with Gasteiger partial charge >= 0.3 is 0 Å². The average molecular weight is 313 g/mol. The van der Waals surface area contributed by atoms with E-state index in [1.807, 2.05) is 38.1 Å². The highest BCUT2D eigenvalue weighted by atomic mass is 19.1. The summed E-state index contributed by atoms with van der Waals surface area (Å²) in [6.07, 6.45) is 2.35. The first-order chi connectivity index (χ1) is 11.0. The molecule has 5 heteroatoms. The van der Waals surface area contributed by atoms with Gasteiger partial charge in [0.15, 0.2) is 0 Å². The number of hydrogen-bond acceptors (Lipinski definition) is 3. The van der Waals surface area contributed by atoms with E-state index in [-0.39, 0.29) is 17.8 Å². The number of halogens is 1. The topological polar surface area (TPSA) is 36.4 Å². The molecular weight excluding hydrogens is 293 g/mol. The van der Waals surface area contributed by atoms with Crippen LogP contribution in [0.15, 0.2) is 36.5 Å². The monoisotopic (exact) mass is 313 g/mol. The number of pyridine rings is 1. The summed E-state index contributed by atoms with van der Waals surface area (Å²) in [7, 11) is 3.81. The summed E-state index contributed by atoms with van der Waals surface area (Å²) in [5.41, 5.74) is 2.56. The second-order valence-corrected chi connectivity index (χ2v) is 6.07. The van der Waals surface area contributed by atoms with E-state index in [1.54, 1.807) is 17.2 Å². The minimum Gasteiger partial charge on any atom is -0.363 e. The minimum atomic E-state index is -0.262. The number of fused-ring (bicyclic) bond motifs is 1. The lowest BCUT2D eigenvalue weighted by Crippen LogP contribution is -2.39. The average Bonchev–Trinajstić information content (AvgIpc) is 2.55. The Morgan fingerprint density at radius 3 is 2.74 bits per heavy atom. The zero-order chi connectivity index (χ0) is 16.6. The van der Waals surface area contributed by atoms with Crippen molar-refractivity contribution in [1.82, 2.24) is 9.88 Å². The van der Waals surface area contributed by atoms with Crippen molar-refractivity contribution in [2.45, 2.75) is 19.4 Å². The van der Waals surface area contributed by atoms with Crippen LogP contribution in [0.4, 0.5) is 10.2 Å². The molecule has 0 saturated heterocycles. The predicted octanol–water partition coefficient (Wildman–Crippen LogP) is 3.05. The molecule has 0 aliphatic carbocycles. The van der Waals surface area contributed by atoms with Gasteiger partial charge in [-0.05, 0) is 48.7 Å². The lowest BCUT2D eigenvalue weighted by Gasteiger charge is -2.35. The molecule has 0 saturated carbocycles. The van der Waals surface area contributed by atoms with Gasteiger partial charge in [0.1, 0.15) is 11.6 Å². The number of anilines is 1. The molecule has 1 aliphatic heterocycles. The third kappa shape index (κ3) is 2.91. The summed E-state index contributed by atoms with van der Waals surface area (Å²) in [5, 5.41) is 0. The Bertz CT molecular complexity index is 728. The molecule has 1 aromatic heterocycles. The highest BCUT2D eigenvalue weighted by molar-refractivity contribution is 5.94. The van der Waals surface area contributed by atoms with Crippen LogP contribution in [0.1, 0.15) is 34.5 Å². The van der Waals surface area contributed by atoms with Crippen molar-refractivity contribution >= 4 is 11.7 Å². The Morgan fingerprint density at radius 1 is 1.30 bits per heavy atom. The maximum absolute atomic E-state index is 13.5. The van der Waals surface area contributed by atoms with Crippen LogP contribution in [0.3, 0.4) is 0 Å². The van der Waals surface area contributed by atoms with Crippen LogP contribution in [0.2, 0.25) is 0 Å². The molecule has 3 rings (SSSR count). The van der Waals surface area contributed by atoms with E-state index in [9.17, 15) is 9.18 Å². The van der Waals surface area contributed by atoms with Crippen molar-refractivity contribution in [2.75, 3.05) is 25.5 Å². The maximum atomic E-state index is 13.5. The van der Waals surface area contributed by atoms with Crippen molar-refractivity contribution in [1.29, 1.82) is 0 Å². The number of carbonyl (C=O) groups excluding carboxylic acids is 1.